The van der Waals surface area contributed by atoms with Crippen molar-refractivity contribution in [2.24, 2.45) is 5.92 Å². The molecule has 0 aromatic heterocycles. The number of rotatable bonds is 5. The molecule has 0 aliphatic heterocycles. The third kappa shape index (κ3) is 4.07. The average molecular weight is 318 g/mol. The summed E-state index contributed by atoms with van der Waals surface area (Å²) in [6, 6.07) is 5.72. The molecule has 1 saturated carbocycles. The van der Waals surface area contributed by atoms with Crippen molar-refractivity contribution in [1.82, 2.24) is 5.32 Å². The molecule has 1 unspecified atom stereocenters. The van der Waals surface area contributed by atoms with Gasteiger partial charge in [0.15, 0.2) is 0 Å². The van der Waals surface area contributed by atoms with Gasteiger partial charge in [-0.05, 0) is 43.0 Å². The molecule has 21 heavy (non-hydrogen) atoms. The molecule has 0 spiro atoms. The SMILES string of the molecule is CCNC(c1ccc(Cl)c(OC)c1)C1CCC(F)(F)CC1. The zero-order chi connectivity index (χ0) is 15.5. The van der Waals surface area contributed by atoms with Gasteiger partial charge in [-0.25, -0.2) is 8.78 Å². The van der Waals surface area contributed by atoms with Gasteiger partial charge < -0.3 is 10.1 Å². The fraction of sp³-hybridized carbons (Fsp3) is 0.625. The van der Waals surface area contributed by atoms with Gasteiger partial charge in [0.05, 0.1) is 12.1 Å². The summed E-state index contributed by atoms with van der Waals surface area (Å²) in [7, 11) is 1.58. The van der Waals surface area contributed by atoms with E-state index in [1.807, 2.05) is 19.1 Å². The smallest absolute Gasteiger partial charge is 0.248 e. The standard InChI is InChI=1S/C16H22ClF2NO/c1-3-20-15(11-6-8-16(18,19)9-7-11)12-4-5-13(17)14(10-12)21-2/h4-5,10-11,15,20H,3,6-9H2,1-2H3. The lowest BCUT2D eigenvalue weighted by Crippen LogP contribution is -2.34. The molecule has 1 fully saturated rings. The number of methoxy groups -OCH3 is 1. The predicted molar refractivity (Wildman–Crippen MR) is 81.3 cm³/mol. The molecule has 0 amide bonds. The van der Waals surface area contributed by atoms with Crippen molar-refractivity contribution in [1.29, 1.82) is 0 Å². The lowest BCUT2D eigenvalue weighted by molar-refractivity contribution is -0.0497. The molecule has 5 heteroatoms. The van der Waals surface area contributed by atoms with Crippen LogP contribution in [0, 0.1) is 5.92 Å². The van der Waals surface area contributed by atoms with E-state index in [1.165, 1.54) is 0 Å². The first-order chi connectivity index (χ1) is 9.96. The quantitative estimate of drug-likeness (QED) is 0.840. The third-order valence-corrected chi connectivity index (χ3v) is 4.50. The summed E-state index contributed by atoms with van der Waals surface area (Å²) in [5.74, 6) is -1.65. The van der Waals surface area contributed by atoms with Gasteiger partial charge >= 0.3 is 0 Å². The summed E-state index contributed by atoms with van der Waals surface area (Å²) in [4.78, 5) is 0. The highest BCUT2D eigenvalue weighted by Crippen LogP contribution is 2.42. The molecule has 0 radical (unpaired) electrons. The van der Waals surface area contributed by atoms with Crippen LogP contribution in [0.5, 0.6) is 5.75 Å². The summed E-state index contributed by atoms with van der Waals surface area (Å²) in [6.45, 7) is 2.82. The van der Waals surface area contributed by atoms with Crippen LogP contribution >= 0.6 is 11.6 Å². The van der Waals surface area contributed by atoms with E-state index in [4.69, 9.17) is 16.3 Å². The Labute approximate surface area is 129 Å². The first kappa shape index (κ1) is 16.5. The van der Waals surface area contributed by atoms with E-state index >= 15 is 0 Å². The van der Waals surface area contributed by atoms with Gasteiger partial charge in [0.25, 0.3) is 0 Å². The van der Waals surface area contributed by atoms with E-state index in [2.05, 4.69) is 5.32 Å². The van der Waals surface area contributed by atoms with E-state index in [1.54, 1.807) is 13.2 Å². The second-order valence-electron chi connectivity index (χ2n) is 5.62. The van der Waals surface area contributed by atoms with E-state index in [0.29, 0.717) is 23.6 Å². The summed E-state index contributed by atoms with van der Waals surface area (Å²) in [5, 5.41) is 3.98. The molecule has 0 bridgehead atoms. The predicted octanol–water partition coefficient (Wildman–Crippen LogP) is 4.82. The second kappa shape index (κ2) is 6.93. The van der Waals surface area contributed by atoms with Crippen LogP contribution in [-0.2, 0) is 0 Å². The van der Waals surface area contributed by atoms with Crippen molar-refractivity contribution in [3.05, 3.63) is 28.8 Å². The number of hydrogen-bond acceptors (Lipinski definition) is 2. The van der Waals surface area contributed by atoms with Crippen molar-refractivity contribution < 1.29 is 13.5 Å². The fourth-order valence-electron chi connectivity index (χ4n) is 3.04. The highest BCUT2D eigenvalue weighted by Gasteiger charge is 2.37. The summed E-state index contributed by atoms with van der Waals surface area (Å²) in [5.41, 5.74) is 1.05. The topological polar surface area (TPSA) is 21.3 Å². The third-order valence-electron chi connectivity index (χ3n) is 4.19. The largest absolute Gasteiger partial charge is 0.495 e. The number of ether oxygens (including phenoxy) is 1. The van der Waals surface area contributed by atoms with E-state index < -0.39 is 5.92 Å². The monoisotopic (exact) mass is 317 g/mol. The molecule has 1 aliphatic rings. The summed E-state index contributed by atoms with van der Waals surface area (Å²) >= 11 is 6.06. The molecule has 1 aromatic carbocycles. The van der Waals surface area contributed by atoms with Gasteiger partial charge in [-0.3, -0.25) is 0 Å². The number of nitrogens with one attached hydrogen (secondary N) is 1. The minimum Gasteiger partial charge on any atom is -0.495 e. The highest BCUT2D eigenvalue weighted by atomic mass is 35.5. The van der Waals surface area contributed by atoms with Crippen LogP contribution in [0.2, 0.25) is 5.02 Å². The van der Waals surface area contributed by atoms with Crippen molar-refractivity contribution in [3.8, 4) is 5.75 Å². The molecular formula is C16H22ClF2NO. The fourth-order valence-corrected chi connectivity index (χ4v) is 3.24. The van der Waals surface area contributed by atoms with Gasteiger partial charge in [0.1, 0.15) is 5.75 Å². The van der Waals surface area contributed by atoms with Crippen LogP contribution < -0.4 is 10.1 Å². The van der Waals surface area contributed by atoms with Gasteiger partial charge in [-0.2, -0.15) is 0 Å². The van der Waals surface area contributed by atoms with E-state index in [9.17, 15) is 8.78 Å². The van der Waals surface area contributed by atoms with Crippen LogP contribution in [0.25, 0.3) is 0 Å². The molecule has 118 valence electrons. The Bertz CT molecular complexity index is 471. The molecule has 1 atom stereocenters. The molecule has 1 aliphatic carbocycles. The van der Waals surface area contributed by atoms with Crippen LogP contribution in [-0.4, -0.2) is 19.6 Å². The number of hydrogen-bond donors (Lipinski definition) is 1. The van der Waals surface area contributed by atoms with Crippen LogP contribution in [0.3, 0.4) is 0 Å². The van der Waals surface area contributed by atoms with Gasteiger partial charge in [-0.1, -0.05) is 24.6 Å². The van der Waals surface area contributed by atoms with Crippen LogP contribution in [0.4, 0.5) is 8.78 Å². The zero-order valence-electron chi connectivity index (χ0n) is 12.5. The van der Waals surface area contributed by atoms with Gasteiger partial charge in [0.2, 0.25) is 5.92 Å². The van der Waals surface area contributed by atoms with Crippen LogP contribution in [0.1, 0.15) is 44.2 Å². The molecule has 0 saturated heterocycles. The lowest BCUT2D eigenvalue weighted by Gasteiger charge is -2.34. The highest BCUT2D eigenvalue weighted by molar-refractivity contribution is 6.32. The Morgan fingerprint density at radius 3 is 2.62 bits per heavy atom. The number of benzene rings is 1. The molecule has 2 rings (SSSR count). The van der Waals surface area contributed by atoms with Crippen LogP contribution in [0.15, 0.2) is 18.2 Å². The molecule has 1 N–H and O–H groups in total. The molecule has 0 heterocycles. The second-order valence-corrected chi connectivity index (χ2v) is 6.03. The molecule has 1 aromatic rings. The maximum absolute atomic E-state index is 13.3. The Kier molecular flexibility index (Phi) is 5.44. The van der Waals surface area contributed by atoms with E-state index in [-0.39, 0.29) is 24.8 Å². The lowest BCUT2D eigenvalue weighted by atomic mass is 9.79. The Morgan fingerprint density at radius 1 is 1.38 bits per heavy atom. The summed E-state index contributed by atoms with van der Waals surface area (Å²) in [6.07, 6.45) is 1.03. The molecular weight excluding hydrogens is 296 g/mol. The molecule has 2 nitrogen and oxygen atoms in total. The summed E-state index contributed by atoms with van der Waals surface area (Å²) < 4.78 is 31.9. The first-order valence-corrected chi connectivity index (χ1v) is 7.79. The van der Waals surface area contributed by atoms with Gasteiger partial charge in [0, 0.05) is 18.9 Å². The Balaban J connectivity index is 2.19. The Morgan fingerprint density at radius 2 is 2.05 bits per heavy atom. The van der Waals surface area contributed by atoms with Gasteiger partial charge in [-0.15, -0.1) is 0 Å². The maximum atomic E-state index is 13.3. The number of halogens is 3. The average Bonchev–Trinajstić information content (AvgIpc) is 2.46. The van der Waals surface area contributed by atoms with Crippen molar-refractivity contribution in [2.45, 2.75) is 44.6 Å². The minimum absolute atomic E-state index is 0.0235. The Hall–Kier alpha value is -0.870. The van der Waals surface area contributed by atoms with Crippen molar-refractivity contribution >= 4 is 11.6 Å². The first-order valence-electron chi connectivity index (χ1n) is 7.41. The van der Waals surface area contributed by atoms with Crippen molar-refractivity contribution in [2.75, 3.05) is 13.7 Å². The minimum atomic E-state index is -2.50. The number of alkyl halides is 2. The van der Waals surface area contributed by atoms with Crippen molar-refractivity contribution in [3.63, 3.8) is 0 Å². The normalized spacial score (nSPS) is 20.2. The zero-order valence-corrected chi connectivity index (χ0v) is 13.2. The maximum Gasteiger partial charge on any atom is 0.248 e. The van der Waals surface area contributed by atoms with E-state index in [0.717, 1.165) is 12.1 Å².